The highest BCUT2D eigenvalue weighted by atomic mass is 16.6. The average molecular weight is 749 g/mol. The van der Waals surface area contributed by atoms with E-state index in [9.17, 15) is 19.5 Å². The van der Waals surface area contributed by atoms with Crippen molar-refractivity contribution in [1.29, 1.82) is 0 Å². The van der Waals surface area contributed by atoms with Crippen molar-refractivity contribution in [2.45, 2.75) is 193 Å². The van der Waals surface area contributed by atoms with E-state index in [1.165, 1.54) is 83.5 Å². The third-order valence-corrected chi connectivity index (χ3v) is 9.51. The van der Waals surface area contributed by atoms with E-state index in [1.807, 2.05) is 21.1 Å². The molecule has 8 heteroatoms. The summed E-state index contributed by atoms with van der Waals surface area (Å²) in [6, 6.07) is -0.616. The Bertz CT molecular complexity index is 968. The quantitative estimate of drug-likeness (QED) is 0.0290. The molecular weight excluding hydrogens is 666 g/mol. The Hall–Kier alpha value is -2.45. The van der Waals surface area contributed by atoms with Crippen molar-refractivity contribution in [3.63, 3.8) is 0 Å². The second kappa shape index (κ2) is 36.5. The fraction of sp³-hybridized carbons (Fsp3) is 0.800. The van der Waals surface area contributed by atoms with Gasteiger partial charge in [-0.1, -0.05) is 134 Å². The molecule has 0 aliphatic rings. The molecule has 0 heterocycles. The maximum atomic E-state index is 12.7. The van der Waals surface area contributed by atoms with E-state index in [0.717, 1.165) is 64.2 Å². The van der Waals surface area contributed by atoms with E-state index in [2.05, 4.69) is 50.3 Å². The van der Waals surface area contributed by atoms with E-state index < -0.39 is 18.1 Å². The van der Waals surface area contributed by atoms with Gasteiger partial charge < -0.3 is 23.8 Å². The summed E-state index contributed by atoms with van der Waals surface area (Å²) in [6.07, 6.45) is 40.4. The summed E-state index contributed by atoms with van der Waals surface area (Å²) in [6.45, 7) is 4.66. The fourth-order valence-corrected chi connectivity index (χ4v) is 6.10. The van der Waals surface area contributed by atoms with Crippen LogP contribution in [-0.4, -0.2) is 80.6 Å². The molecular formula is C45H82NO7+. The summed E-state index contributed by atoms with van der Waals surface area (Å²) in [5.41, 5.74) is 0. The van der Waals surface area contributed by atoms with Gasteiger partial charge in [0.1, 0.15) is 6.61 Å². The Balaban J connectivity index is 4.35. The lowest BCUT2D eigenvalue weighted by Crippen LogP contribution is -2.50. The van der Waals surface area contributed by atoms with Gasteiger partial charge >= 0.3 is 17.9 Å². The number of quaternary nitrogens is 1. The minimum atomic E-state index is -0.878. The lowest BCUT2D eigenvalue weighted by Gasteiger charge is -2.31. The Kier molecular flexibility index (Phi) is 34.8. The van der Waals surface area contributed by atoms with Gasteiger partial charge in [-0.05, 0) is 64.2 Å². The molecule has 0 rings (SSSR count). The highest BCUT2D eigenvalue weighted by Gasteiger charge is 2.31. The van der Waals surface area contributed by atoms with Gasteiger partial charge in [0.05, 0.1) is 34.4 Å². The average Bonchev–Trinajstić information content (AvgIpc) is 3.11. The molecule has 8 nitrogen and oxygen atoms in total. The fourth-order valence-electron chi connectivity index (χ4n) is 6.10. The van der Waals surface area contributed by atoms with Crippen LogP contribution in [-0.2, 0) is 28.6 Å². The molecule has 0 saturated heterocycles. The SMILES string of the molecule is CCCC/C=C\CCCCCCCC(=O)OCC(COCCC(C(=O)O)[N+](C)(C)C)OC(=O)CCCCCCCCC/C=C\C/C=C\CCCCCC. The largest absolute Gasteiger partial charge is 0.477 e. The highest BCUT2D eigenvalue weighted by molar-refractivity contribution is 5.72. The molecule has 0 saturated carbocycles. The summed E-state index contributed by atoms with van der Waals surface area (Å²) in [7, 11) is 5.52. The van der Waals surface area contributed by atoms with Crippen LogP contribution in [0.1, 0.15) is 181 Å². The van der Waals surface area contributed by atoms with E-state index in [1.54, 1.807) is 0 Å². The van der Waals surface area contributed by atoms with Gasteiger partial charge in [-0.3, -0.25) is 9.59 Å². The molecule has 0 aliphatic heterocycles. The Labute approximate surface area is 325 Å². The van der Waals surface area contributed by atoms with Crippen molar-refractivity contribution in [2.24, 2.45) is 0 Å². The smallest absolute Gasteiger partial charge is 0.362 e. The topological polar surface area (TPSA) is 99.1 Å². The lowest BCUT2D eigenvalue weighted by atomic mass is 10.1. The van der Waals surface area contributed by atoms with Crippen LogP contribution in [0.2, 0.25) is 0 Å². The second-order valence-electron chi connectivity index (χ2n) is 15.6. The first-order valence-corrected chi connectivity index (χ1v) is 21.5. The first-order valence-electron chi connectivity index (χ1n) is 21.5. The van der Waals surface area contributed by atoms with Crippen LogP contribution in [0.3, 0.4) is 0 Å². The van der Waals surface area contributed by atoms with Gasteiger partial charge in [-0.25, -0.2) is 4.79 Å². The molecule has 0 bridgehead atoms. The zero-order chi connectivity index (χ0) is 39.3. The molecule has 0 radical (unpaired) electrons. The van der Waals surface area contributed by atoms with Gasteiger partial charge in [0.25, 0.3) is 0 Å². The van der Waals surface area contributed by atoms with Gasteiger partial charge in [-0.15, -0.1) is 0 Å². The standard InChI is InChI=1S/C45H81NO7/c1-6-8-10-12-14-16-18-19-20-21-22-23-24-26-28-30-32-34-36-44(48)53-41(39-51-38-37-42(45(49)50)46(3,4)5)40-52-43(47)35-33-31-29-27-25-17-15-13-11-9-7-2/h13,15-16,18,20-21,41-42H,6-12,14,17,19,22-40H2,1-5H3/p+1/b15-13-,18-16-,21-20-. The Morgan fingerprint density at radius 1 is 0.566 bits per heavy atom. The predicted molar refractivity (Wildman–Crippen MR) is 220 cm³/mol. The van der Waals surface area contributed by atoms with Crippen LogP contribution in [0.5, 0.6) is 0 Å². The van der Waals surface area contributed by atoms with Gasteiger partial charge in [0.2, 0.25) is 0 Å². The van der Waals surface area contributed by atoms with Crippen LogP contribution >= 0.6 is 0 Å². The number of rotatable bonds is 38. The monoisotopic (exact) mass is 749 g/mol. The van der Waals surface area contributed by atoms with Crippen LogP contribution in [0.25, 0.3) is 0 Å². The minimum absolute atomic E-state index is 0.0560. The van der Waals surface area contributed by atoms with Crippen molar-refractivity contribution in [3.05, 3.63) is 36.5 Å². The molecule has 53 heavy (non-hydrogen) atoms. The number of carbonyl (C=O) groups is 3. The molecule has 0 fully saturated rings. The number of likely N-dealkylation sites (N-methyl/N-ethyl adjacent to an activating group) is 1. The molecule has 0 aliphatic carbocycles. The molecule has 2 atom stereocenters. The summed E-state index contributed by atoms with van der Waals surface area (Å²) in [4.78, 5) is 36.9. The van der Waals surface area contributed by atoms with Crippen LogP contribution in [0.15, 0.2) is 36.5 Å². The maximum Gasteiger partial charge on any atom is 0.362 e. The summed E-state index contributed by atoms with van der Waals surface area (Å²) in [5, 5.41) is 9.60. The molecule has 0 aromatic heterocycles. The summed E-state index contributed by atoms with van der Waals surface area (Å²) < 4.78 is 17.2. The molecule has 1 N–H and O–H groups in total. The number of carboxylic acids is 1. The number of ether oxygens (including phenoxy) is 3. The minimum Gasteiger partial charge on any atom is -0.477 e. The predicted octanol–water partition coefficient (Wildman–Crippen LogP) is 11.5. The first kappa shape index (κ1) is 50.5. The van der Waals surface area contributed by atoms with Crippen LogP contribution < -0.4 is 0 Å². The van der Waals surface area contributed by atoms with Crippen molar-refractivity contribution in [2.75, 3.05) is 41.0 Å². The maximum absolute atomic E-state index is 12.7. The van der Waals surface area contributed by atoms with Crippen LogP contribution in [0.4, 0.5) is 0 Å². The summed E-state index contributed by atoms with van der Waals surface area (Å²) >= 11 is 0. The molecule has 0 spiro atoms. The highest BCUT2D eigenvalue weighted by Crippen LogP contribution is 2.14. The van der Waals surface area contributed by atoms with Crippen molar-refractivity contribution in [3.8, 4) is 0 Å². The number of carboxylic acid groups (broad SMARTS) is 1. The zero-order valence-electron chi connectivity index (χ0n) is 35.0. The van der Waals surface area contributed by atoms with Gasteiger partial charge in [0.15, 0.2) is 12.1 Å². The Morgan fingerprint density at radius 3 is 1.53 bits per heavy atom. The number of unbranched alkanes of at least 4 members (excludes halogenated alkanes) is 18. The van der Waals surface area contributed by atoms with E-state index in [0.29, 0.717) is 19.3 Å². The molecule has 0 aromatic rings. The van der Waals surface area contributed by atoms with Gasteiger partial charge in [-0.2, -0.15) is 0 Å². The van der Waals surface area contributed by atoms with Crippen molar-refractivity contribution < 1.29 is 38.2 Å². The first-order chi connectivity index (χ1) is 25.6. The number of aliphatic carboxylic acids is 1. The van der Waals surface area contributed by atoms with E-state index >= 15 is 0 Å². The molecule has 0 amide bonds. The van der Waals surface area contributed by atoms with Crippen LogP contribution in [0, 0.1) is 0 Å². The summed E-state index contributed by atoms with van der Waals surface area (Å²) in [5.74, 6) is -1.49. The Morgan fingerprint density at radius 2 is 1.02 bits per heavy atom. The third kappa shape index (κ3) is 35.0. The number of allylic oxidation sites excluding steroid dienone is 6. The normalized spacial score (nSPS) is 13.3. The number of nitrogens with zero attached hydrogens (tertiary/aromatic N) is 1. The second-order valence-corrected chi connectivity index (χ2v) is 15.6. The van der Waals surface area contributed by atoms with E-state index in [-0.39, 0.29) is 36.2 Å². The number of hydrogen-bond donors (Lipinski definition) is 1. The van der Waals surface area contributed by atoms with Crippen molar-refractivity contribution >= 4 is 17.9 Å². The zero-order valence-corrected chi connectivity index (χ0v) is 35.0. The molecule has 0 aromatic carbocycles. The van der Waals surface area contributed by atoms with E-state index in [4.69, 9.17) is 14.2 Å². The number of hydrogen-bond acceptors (Lipinski definition) is 6. The third-order valence-electron chi connectivity index (χ3n) is 9.51. The number of esters is 2. The number of carbonyl (C=O) groups excluding carboxylic acids is 2. The molecule has 2 unspecified atom stereocenters. The molecule has 308 valence electrons. The lowest BCUT2D eigenvalue weighted by molar-refractivity contribution is -0.887. The van der Waals surface area contributed by atoms with Gasteiger partial charge in [0, 0.05) is 19.3 Å². The van der Waals surface area contributed by atoms with Crippen molar-refractivity contribution in [1.82, 2.24) is 0 Å².